The number of amides is 2. The second-order valence-corrected chi connectivity index (χ2v) is 6.02. The standard InChI is InChI=1S/C21H26N2O2/c1-3-5-16-23(19-10-7-6-8-11-19)21(25)17-12-14-18(15-13-17)22-20(24)9-4-2/h6-8,10-15H,3-5,9,16H2,1-2H3,(H,22,24). The van der Waals surface area contributed by atoms with Gasteiger partial charge in [-0.05, 0) is 49.2 Å². The molecule has 1 N–H and O–H groups in total. The average Bonchev–Trinajstić information content (AvgIpc) is 2.63. The van der Waals surface area contributed by atoms with Gasteiger partial charge in [0.15, 0.2) is 0 Å². The van der Waals surface area contributed by atoms with Crippen LogP contribution in [0.1, 0.15) is 49.9 Å². The molecule has 0 atom stereocenters. The van der Waals surface area contributed by atoms with E-state index in [4.69, 9.17) is 0 Å². The fourth-order valence-corrected chi connectivity index (χ4v) is 2.57. The van der Waals surface area contributed by atoms with Crippen LogP contribution >= 0.6 is 0 Å². The van der Waals surface area contributed by atoms with Crippen LogP contribution in [-0.2, 0) is 4.79 Å². The average molecular weight is 338 g/mol. The Balaban J connectivity index is 2.14. The maximum absolute atomic E-state index is 12.9. The first-order valence-corrected chi connectivity index (χ1v) is 8.92. The van der Waals surface area contributed by atoms with Crippen LogP contribution in [0.15, 0.2) is 54.6 Å². The third-order valence-electron chi connectivity index (χ3n) is 3.94. The number of nitrogens with zero attached hydrogens (tertiary/aromatic N) is 1. The summed E-state index contributed by atoms with van der Waals surface area (Å²) in [5.41, 5.74) is 2.24. The van der Waals surface area contributed by atoms with E-state index in [1.165, 1.54) is 0 Å². The molecular formula is C21H26N2O2. The molecule has 2 amide bonds. The van der Waals surface area contributed by atoms with Crippen LogP contribution in [0, 0.1) is 0 Å². The Morgan fingerprint density at radius 2 is 1.60 bits per heavy atom. The fourth-order valence-electron chi connectivity index (χ4n) is 2.57. The van der Waals surface area contributed by atoms with Crippen molar-refractivity contribution >= 4 is 23.2 Å². The van der Waals surface area contributed by atoms with Crippen LogP contribution in [0.4, 0.5) is 11.4 Å². The number of carbonyl (C=O) groups is 2. The molecule has 0 aliphatic carbocycles. The number of hydrogen-bond acceptors (Lipinski definition) is 2. The van der Waals surface area contributed by atoms with Gasteiger partial charge in [0.25, 0.3) is 5.91 Å². The molecule has 0 saturated carbocycles. The van der Waals surface area contributed by atoms with Gasteiger partial charge in [0.1, 0.15) is 0 Å². The molecule has 0 fully saturated rings. The molecule has 4 nitrogen and oxygen atoms in total. The van der Waals surface area contributed by atoms with Gasteiger partial charge < -0.3 is 10.2 Å². The molecule has 132 valence electrons. The van der Waals surface area contributed by atoms with Gasteiger partial charge in [0.2, 0.25) is 5.91 Å². The highest BCUT2D eigenvalue weighted by molar-refractivity contribution is 6.06. The molecule has 2 rings (SSSR count). The zero-order valence-electron chi connectivity index (χ0n) is 15.0. The molecule has 0 aliphatic rings. The lowest BCUT2D eigenvalue weighted by Gasteiger charge is -2.23. The van der Waals surface area contributed by atoms with E-state index >= 15 is 0 Å². The molecular weight excluding hydrogens is 312 g/mol. The summed E-state index contributed by atoms with van der Waals surface area (Å²) >= 11 is 0. The van der Waals surface area contributed by atoms with Gasteiger partial charge in [-0.15, -0.1) is 0 Å². The van der Waals surface area contributed by atoms with Gasteiger partial charge in [0, 0.05) is 29.9 Å². The highest BCUT2D eigenvalue weighted by atomic mass is 16.2. The van der Waals surface area contributed by atoms with E-state index in [0.717, 1.165) is 30.6 Å². The van der Waals surface area contributed by atoms with Crippen molar-refractivity contribution in [2.75, 3.05) is 16.8 Å². The lowest BCUT2D eigenvalue weighted by molar-refractivity contribution is -0.116. The van der Waals surface area contributed by atoms with Crippen molar-refractivity contribution in [2.45, 2.75) is 39.5 Å². The molecule has 0 bridgehead atoms. The molecule has 0 aliphatic heterocycles. The number of nitrogens with one attached hydrogen (secondary N) is 1. The highest BCUT2D eigenvalue weighted by Crippen LogP contribution is 2.19. The van der Waals surface area contributed by atoms with Gasteiger partial charge in [-0.25, -0.2) is 0 Å². The maximum atomic E-state index is 12.9. The second-order valence-electron chi connectivity index (χ2n) is 6.02. The first kappa shape index (κ1) is 18.7. The Morgan fingerprint density at radius 1 is 0.920 bits per heavy atom. The minimum Gasteiger partial charge on any atom is -0.326 e. The Kier molecular flexibility index (Phi) is 7.20. The summed E-state index contributed by atoms with van der Waals surface area (Å²) in [7, 11) is 0. The monoisotopic (exact) mass is 338 g/mol. The predicted molar refractivity (Wildman–Crippen MR) is 103 cm³/mol. The number of anilines is 2. The van der Waals surface area contributed by atoms with Gasteiger partial charge in [-0.1, -0.05) is 38.5 Å². The Labute approximate surface area is 149 Å². The van der Waals surface area contributed by atoms with Crippen molar-refractivity contribution in [3.63, 3.8) is 0 Å². The van der Waals surface area contributed by atoms with Crippen LogP contribution in [0.3, 0.4) is 0 Å². The van der Waals surface area contributed by atoms with E-state index in [0.29, 0.717) is 18.5 Å². The number of para-hydroxylation sites is 1. The van der Waals surface area contributed by atoms with Crippen LogP contribution in [0.25, 0.3) is 0 Å². The van der Waals surface area contributed by atoms with E-state index in [9.17, 15) is 9.59 Å². The summed E-state index contributed by atoms with van der Waals surface area (Å²) in [4.78, 5) is 26.4. The summed E-state index contributed by atoms with van der Waals surface area (Å²) in [6.45, 7) is 4.77. The first-order chi connectivity index (χ1) is 12.2. The fraction of sp³-hybridized carbons (Fsp3) is 0.333. The van der Waals surface area contributed by atoms with Gasteiger partial charge in [-0.3, -0.25) is 9.59 Å². The number of rotatable bonds is 8. The third kappa shape index (κ3) is 5.45. The zero-order valence-corrected chi connectivity index (χ0v) is 15.0. The summed E-state index contributed by atoms with van der Waals surface area (Å²) in [6, 6.07) is 16.8. The Hall–Kier alpha value is -2.62. The van der Waals surface area contributed by atoms with Crippen LogP contribution in [0.2, 0.25) is 0 Å². The Bertz CT molecular complexity index is 681. The lowest BCUT2D eigenvalue weighted by atomic mass is 10.1. The van der Waals surface area contributed by atoms with E-state index in [2.05, 4.69) is 12.2 Å². The summed E-state index contributed by atoms with van der Waals surface area (Å²) in [5, 5.41) is 2.84. The molecule has 0 spiro atoms. The molecule has 0 radical (unpaired) electrons. The van der Waals surface area contributed by atoms with Gasteiger partial charge in [-0.2, -0.15) is 0 Å². The van der Waals surface area contributed by atoms with Crippen molar-refractivity contribution in [3.05, 3.63) is 60.2 Å². The van der Waals surface area contributed by atoms with Crippen LogP contribution < -0.4 is 10.2 Å². The molecule has 0 saturated heterocycles. The quantitative estimate of drug-likeness (QED) is 0.746. The van der Waals surface area contributed by atoms with Crippen molar-refractivity contribution in [1.82, 2.24) is 0 Å². The Morgan fingerprint density at radius 3 is 2.20 bits per heavy atom. The molecule has 4 heteroatoms. The minimum atomic E-state index is -0.0221. The SMILES string of the molecule is CCCCN(C(=O)c1ccc(NC(=O)CCC)cc1)c1ccccc1. The molecule has 0 heterocycles. The smallest absolute Gasteiger partial charge is 0.258 e. The minimum absolute atomic E-state index is 0.00423. The normalized spacial score (nSPS) is 10.3. The number of benzene rings is 2. The predicted octanol–water partition coefficient (Wildman–Crippen LogP) is 4.87. The van der Waals surface area contributed by atoms with Gasteiger partial charge in [0.05, 0.1) is 0 Å². The third-order valence-corrected chi connectivity index (χ3v) is 3.94. The molecule has 0 unspecified atom stereocenters. The molecule has 2 aromatic rings. The second kappa shape index (κ2) is 9.62. The lowest BCUT2D eigenvalue weighted by Crippen LogP contribution is -2.31. The van der Waals surface area contributed by atoms with Crippen molar-refractivity contribution in [2.24, 2.45) is 0 Å². The highest BCUT2D eigenvalue weighted by Gasteiger charge is 2.17. The zero-order chi connectivity index (χ0) is 18.1. The van der Waals surface area contributed by atoms with E-state index in [1.54, 1.807) is 24.3 Å². The summed E-state index contributed by atoms with van der Waals surface area (Å²) in [6.07, 6.45) is 3.29. The van der Waals surface area contributed by atoms with E-state index < -0.39 is 0 Å². The number of carbonyl (C=O) groups excluding carboxylic acids is 2. The van der Waals surface area contributed by atoms with Crippen molar-refractivity contribution in [1.29, 1.82) is 0 Å². The molecule has 25 heavy (non-hydrogen) atoms. The van der Waals surface area contributed by atoms with Crippen molar-refractivity contribution < 1.29 is 9.59 Å². The molecule has 2 aromatic carbocycles. The van der Waals surface area contributed by atoms with Gasteiger partial charge >= 0.3 is 0 Å². The largest absolute Gasteiger partial charge is 0.326 e. The van der Waals surface area contributed by atoms with Crippen molar-refractivity contribution in [3.8, 4) is 0 Å². The first-order valence-electron chi connectivity index (χ1n) is 8.92. The molecule has 0 aromatic heterocycles. The maximum Gasteiger partial charge on any atom is 0.258 e. The van der Waals surface area contributed by atoms with Crippen LogP contribution in [-0.4, -0.2) is 18.4 Å². The van der Waals surface area contributed by atoms with E-state index in [1.807, 2.05) is 42.2 Å². The number of hydrogen-bond donors (Lipinski definition) is 1. The number of unbranched alkanes of at least 4 members (excludes halogenated alkanes) is 1. The van der Waals surface area contributed by atoms with Crippen LogP contribution in [0.5, 0.6) is 0 Å². The summed E-state index contributed by atoms with van der Waals surface area (Å²) < 4.78 is 0. The summed E-state index contributed by atoms with van der Waals surface area (Å²) in [5.74, 6) is -0.0264. The van der Waals surface area contributed by atoms with E-state index in [-0.39, 0.29) is 11.8 Å². The topological polar surface area (TPSA) is 49.4 Å².